The summed E-state index contributed by atoms with van der Waals surface area (Å²) in [7, 11) is -1.07. The van der Waals surface area contributed by atoms with E-state index in [1.165, 1.54) is 57.9 Å². The maximum absolute atomic E-state index is 15.7. The zero-order valence-corrected chi connectivity index (χ0v) is 36.6. The van der Waals surface area contributed by atoms with Crippen molar-refractivity contribution < 1.29 is 41.4 Å². The van der Waals surface area contributed by atoms with Crippen molar-refractivity contribution in [3.63, 3.8) is 0 Å². The number of hydrogen-bond acceptors (Lipinski definition) is 12. The SMILES string of the molecule is CCN(C)S(=O)(=O)Nc1ccc(F)c(Oc2ccc3ncn(C4=C/C=C\C=C(C(=O)CC5(O)CCN(c6cc7c(cc6F)c(N6CCC(=O)NC6=O)nn7C)CC5)/C=C\4)c(=O)c3c2)c1C#N. The first-order valence-electron chi connectivity index (χ1n) is 20.7. The lowest BCUT2D eigenvalue weighted by Gasteiger charge is -2.39. The predicted octanol–water partition coefficient (Wildman–Crippen LogP) is 5.16. The molecule has 0 atom stereocenters. The van der Waals surface area contributed by atoms with Gasteiger partial charge in [-0.05, 0) is 73.5 Å². The summed E-state index contributed by atoms with van der Waals surface area (Å²) in [5.41, 5.74) is -0.901. The minimum Gasteiger partial charge on any atom is -0.453 e. The number of nitrogens with one attached hydrogen (secondary N) is 2. The highest BCUT2D eigenvalue weighted by Gasteiger charge is 2.36. The second kappa shape index (κ2) is 17.8. The number of nitriles is 1. The number of halogens is 2. The molecule has 3 aromatic carbocycles. The second-order valence-corrected chi connectivity index (χ2v) is 17.7. The first kappa shape index (κ1) is 45.0. The van der Waals surface area contributed by atoms with Crippen LogP contribution in [0.5, 0.6) is 11.5 Å². The van der Waals surface area contributed by atoms with Gasteiger partial charge in [-0.2, -0.15) is 23.1 Å². The number of allylic oxidation sites excluding steroid dienone is 8. The molecule has 0 radical (unpaired) electrons. The highest BCUT2D eigenvalue weighted by molar-refractivity contribution is 7.90. The number of carbonyl (C=O) groups excluding carboxylic acids is 3. The lowest BCUT2D eigenvalue weighted by atomic mass is 9.84. The zero-order chi connectivity index (χ0) is 47.1. The minimum absolute atomic E-state index is 0.0412. The summed E-state index contributed by atoms with van der Waals surface area (Å²) in [4.78, 5) is 59.4. The average molecular weight is 921 g/mol. The molecule has 1 aliphatic carbocycles. The molecule has 5 aromatic rings. The van der Waals surface area contributed by atoms with Crippen LogP contribution in [0.2, 0.25) is 0 Å². The molecular weight excluding hydrogens is 879 g/mol. The monoisotopic (exact) mass is 920 g/mol. The number of ketones is 1. The van der Waals surface area contributed by atoms with Gasteiger partial charge in [-0.15, -0.1) is 0 Å². The van der Waals surface area contributed by atoms with Gasteiger partial charge in [-0.1, -0.05) is 25.2 Å². The van der Waals surface area contributed by atoms with Gasteiger partial charge in [0.2, 0.25) is 5.91 Å². The van der Waals surface area contributed by atoms with Crippen LogP contribution in [0.1, 0.15) is 38.2 Å². The number of anilines is 3. The Morgan fingerprint density at radius 2 is 1.79 bits per heavy atom. The lowest BCUT2D eigenvalue weighted by Crippen LogP contribution is -2.49. The van der Waals surface area contributed by atoms with Crippen molar-refractivity contribution in [2.45, 2.75) is 38.2 Å². The highest BCUT2D eigenvalue weighted by atomic mass is 32.2. The van der Waals surface area contributed by atoms with E-state index in [1.807, 2.05) is 0 Å². The number of aryl methyl sites for hydroxylation is 1. The summed E-state index contributed by atoms with van der Waals surface area (Å²) in [6.07, 6.45) is 11.0. The highest BCUT2D eigenvalue weighted by Crippen LogP contribution is 2.37. The van der Waals surface area contributed by atoms with Crippen molar-refractivity contribution >= 4 is 72.6 Å². The van der Waals surface area contributed by atoms with Crippen LogP contribution >= 0.6 is 0 Å². The van der Waals surface area contributed by atoms with E-state index >= 15 is 8.78 Å². The van der Waals surface area contributed by atoms with Crippen LogP contribution in [0.15, 0.2) is 95.6 Å². The number of aliphatic hydroxyl groups is 1. The first-order chi connectivity index (χ1) is 31.5. The van der Waals surface area contributed by atoms with Gasteiger partial charge in [0, 0.05) is 64.1 Å². The van der Waals surface area contributed by atoms with Crippen LogP contribution in [-0.4, -0.2) is 93.7 Å². The average Bonchev–Trinajstić information content (AvgIpc) is 3.58. The number of amides is 3. The molecule has 8 rings (SSSR count). The second-order valence-electron chi connectivity index (χ2n) is 15.9. The number of imide groups is 1. The van der Waals surface area contributed by atoms with Crippen LogP contribution in [0.4, 0.5) is 30.8 Å². The molecule has 2 aliphatic heterocycles. The van der Waals surface area contributed by atoms with E-state index in [-0.39, 0.29) is 97.1 Å². The number of hydrogen-bond donors (Lipinski definition) is 3. The molecule has 21 heteroatoms. The fraction of sp³-hybridized carbons (Fsp3) is 0.267. The fourth-order valence-electron chi connectivity index (χ4n) is 7.85. The van der Waals surface area contributed by atoms with Gasteiger partial charge in [0.05, 0.1) is 39.1 Å². The third kappa shape index (κ3) is 8.80. The Balaban J connectivity index is 0.953. The summed E-state index contributed by atoms with van der Waals surface area (Å²) in [6.45, 7) is 2.32. The molecule has 2 aromatic heterocycles. The van der Waals surface area contributed by atoms with Gasteiger partial charge in [-0.3, -0.25) is 38.6 Å². The van der Waals surface area contributed by atoms with Gasteiger partial charge in [-0.25, -0.2) is 18.6 Å². The normalized spacial score (nSPS) is 19.0. The van der Waals surface area contributed by atoms with E-state index < -0.39 is 56.3 Å². The number of aromatic nitrogens is 4. The van der Waals surface area contributed by atoms with E-state index in [0.717, 1.165) is 16.4 Å². The summed E-state index contributed by atoms with van der Waals surface area (Å²) >= 11 is 0. The van der Waals surface area contributed by atoms with Crippen molar-refractivity contribution in [2.24, 2.45) is 7.05 Å². The van der Waals surface area contributed by atoms with Crippen LogP contribution in [0, 0.1) is 23.0 Å². The quantitative estimate of drug-likeness (QED) is 0.148. The number of fused-ring (bicyclic) bond motifs is 2. The summed E-state index contributed by atoms with van der Waals surface area (Å²) in [6, 6.07) is 10.3. The number of nitrogens with zero attached hydrogens (tertiary/aromatic N) is 8. The van der Waals surface area contributed by atoms with Crippen LogP contribution in [0.3, 0.4) is 0 Å². The van der Waals surface area contributed by atoms with Crippen LogP contribution in [-0.2, 0) is 26.8 Å². The van der Waals surface area contributed by atoms with Gasteiger partial charge >= 0.3 is 16.2 Å². The molecule has 18 nitrogen and oxygen atoms in total. The third-order valence-corrected chi connectivity index (χ3v) is 13.2. The van der Waals surface area contributed by atoms with Crippen molar-refractivity contribution in [3.05, 3.63) is 118 Å². The largest absolute Gasteiger partial charge is 0.453 e. The molecule has 4 heterocycles. The Hall–Kier alpha value is -7.54. The molecule has 2 saturated heterocycles. The number of ether oxygens (including phenoxy) is 1. The molecule has 3 amide bonds. The smallest absolute Gasteiger partial charge is 0.329 e. The molecule has 0 spiro atoms. The Kier molecular flexibility index (Phi) is 12.1. The maximum atomic E-state index is 15.7. The lowest BCUT2D eigenvalue weighted by molar-refractivity contribution is -0.121. The molecule has 0 bridgehead atoms. The number of Topliss-reactive ketones (excluding diaryl/α,β-unsaturated/α-hetero) is 1. The topological polar surface area (TPSA) is 225 Å². The van der Waals surface area contributed by atoms with Gasteiger partial charge < -0.3 is 14.7 Å². The number of carbonyl (C=O) groups is 3. The van der Waals surface area contributed by atoms with Gasteiger partial charge in [0.15, 0.2) is 23.2 Å². The molecule has 340 valence electrons. The third-order valence-electron chi connectivity index (χ3n) is 11.7. The predicted molar refractivity (Wildman–Crippen MR) is 241 cm³/mol. The summed E-state index contributed by atoms with van der Waals surface area (Å²) in [5, 5.41) is 28.7. The molecule has 0 unspecified atom stereocenters. The molecule has 66 heavy (non-hydrogen) atoms. The van der Waals surface area contributed by atoms with E-state index in [4.69, 9.17) is 4.74 Å². The van der Waals surface area contributed by atoms with Crippen LogP contribution < -0.4 is 30.1 Å². The Bertz CT molecular complexity index is 3200. The number of urea groups is 1. The van der Waals surface area contributed by atoms with E-state index in [1.54, 1.807) is 61.4 Å². The number of benzene rings is 3. The summed E-state index contributed by atoms with van der Waals surface area (Å²) < 4.78 is 68.1. The van der Waals surface area contributed by atoms with Gasteiger partial charge in [0.1, 0.15) is 29.5 Å². The Labute approximate surface area is 376 Å². The fourth-order valence-corrected chi connectivity index (χ4v) is 8.79. The molecule has 0 saturated carbocycles. The zero-order valence-electron chi connectivity index (χ0n) is 35.8. The maximum Gasteiger partial charge on any atom is 0.329 e. The molecule has 2 fully saturated rings. The van der Waals surface area contributed by atoms with E-state index in [2.05, 4.69) is 20.1 Å². The molecule has 3 N–H and O–H groups in total. The molecule has 3 aliphatic rings. The van der Waals surface area contributed by atoms with E-state index in [0.29, 0.717) is 16.6 Å². The first-order valence-corrected chi connectivity index (χ1v) is 22.1. The minimum atomic E-state index is -4.07. The Morgan fingerprint density at radius 3 is 2.52 bits per heavy atom. The van der Waals surface area contributed by atoms with Crippen molar-refractivity contribution in [2.75, 3.05) is 47.7 Å². The van der Waals surface area contributed by atoms with Crippen molar-refractivity contribution in [1.29, 1.82) is 5.26 Å². The van der Waals surface area contributed by atoms with Crippen molar-refractivity contribution in [1.82, 2.24) is 29.0 Å². The summed E-state index contributed by atoms with van der Waals surface area (Å²) in [5.74, 6) is -2.65. The number of rotatable bonds is 12. The standard InChI is InChI=1S/C45H42F2N10O8S/c1-4-53(2)66(63,64)52-36-14-12-33(46)41(32(36)25-48)65-29-11-13-35-30(21-29)43(60)57(26-49-35)28-8-6-5-7-27(9-10-28)39(58)24-45(62)16-19-55(20-17-45)38-23-37-31(22-34(38)47)42(51-54(37)3)56-18-15-40(59)50-44(56)61/h5-14,21-23,26,52,62H,4,15-20,24H2,1-3H3,(H,50,59,61)/b6-5-,7-5?,8-6?,10-9-,27-7+,27-9?,28-8+,28-10?. The molecular formula is C45H42F2N10O8S. The number of piperidine rings is 1. The van der Waals surface area contributed by atoms with Gasteiger partial charge in [0.25, 0.3) is 5.56 Å². The van der Waals surface area contributed by atoms with Crippen molar-refractivity contribution in [3.8, 4) is 17.6 Å². The van der Waals surface area contributed by atoms with E-state index in [9.17, 15) is 38.0 Å². The Morgan fingerprint density at radius 1 is 1.03 bits per heavy atom. The van der Waals surface area contributed by atoms with Crippen LogP contribution in [0.25, 0.3) is 27.5 Å².